The first kappa shape index (κ1) is 93.5. The Morgan fingerprint density at radius 2 is 0.615 bits per heavy atom. The molecule has 0 heterocycles. The van der Waals surface area contributed by atoms with Crippen LogP contribution in [0.5, 0.6) is 0 Å². The van der Waals surface area contributed by atoms with Crippen molar-refractivity contribution in [1.29, 1.82) is 0 Å². The zero-order chi connectivity index (χ0) is 70.9. The quantitative estimate of drug-likeness (QED) is 0.0169. The van der Waals surface area contributed by atoms with E-state index in [9.17, 15) is 43.2 Å². The first-order chi connectivity index (χ1) is 46.3. The van der Waals surface area contributed by atoms with Crippen LogP contribution in [0.1, 0.15) is 370 Å². The van der Waals surface area contributed by atoms with Gasteiger partial charge in [-0.3, -0.25) is 37.3 Å². The van der Waals surface area contributed by atoms with E-state index in [1.54, 1.807) is 0 Å². The summed E-state index contributed by atoms with van der Waals surface area (Å²) in [5.41, 5.74) is 0. The lowest BCUT2D eigenvalue weighted by atomic mass is 10.00. The van der Waals surface area contributed by atoms with Crippen molar-refractivity contribution in [2.45, 2.75) is 388 Å². The number of carbonyl (C=O) groups excluding carboxylic acids is 4. The maximum Gasteiger partial charge on any atom is 0.472 e. The molecule has 0 aliphatic heterocycles. The number of esters is 4. The predicted molar refractivity (Wildman–Crippen MR) is 390 cm³/mol. The van der Waals surface area contributed by atoms with Crippen LogP contribution in [-0.4, -0.2) is 96.7 Å². The number of aliphatic hydroxyl groups is 1. The number of allylic oxidation sites excluding steroid dienone is 4. The normalized spacial score (nSPS) is 14.5. The molecular formula is C77H146O17P2. The number of hydrogen-bond donors (Lipinski definition) is 3. The number of hydrogen-bond acceptors (Lipinski definition) is 15. The van der Waals surface area contributed by atoms with Crippen LogP contribution in [0.15, 0.2) is 24.3 Å². The summed E-state index contributed by atoms with van der Waals surface area (Å²) in [6.07, 6.45) is 56.3. The molecule has 19 heteroatoms. The highest BCUT2D eigenvalue weighted by atomic mass is 31.2. The third-order valence-corrected chi connectivity index (χ3v) is 19.5. The Labute approximate surface area is 586 Å². The largest absolute Gasteiger partial charge is 0.472 e. The molecule has 0 aliphatic carbocycles. The fraction of sp³-hybridized carbons (Fsp3) is 0.896. The average molecular weight is 1410 g/mol. The van der Waals surface area contributed by atoms with Crippen LogP contribution in [0.25, 0.3) is 0 Å². The summed E-state index contributed by atoms with van der Waals surface area (Å²) < 4.78 is 68.5. The minimum atomic E-state index is -4.97. The molecule has 6 atom stereocenters. The summed E-state index contributed by atoms with van der Waals surface area (Å²) in [6, 6.07) is 0. The highest BCUT2D eigenvalue weighted by Gasteiger charge is 2.30. The van der Waals surface area contributed by atoms with Crippen molar-refractivity contribution in [2.24, 2.45) is 17.8 Å². The van der Waals surface area contributed by atoms with Gasteiger partial charge >= 0.3 is 39.5 Å². The third kappa shape index (κ3) is 68.7. The molecular weight excluding hydrogens is 1260 g/mol. The Morgan fingerprint density at radius 3 is 0.927 bits per heavy atom. The second-order valence-electron chi connectivity index (χ2n) is 28.3. The molecule has 0 rings (SSSR count). The fourth-order valence-electron chi connectivity index (χ4n) is 11.2. The molecule has 0 aromatic rings. The number of phosphoric ester groups is 2. The smallest absolute Gasteiger partial charge is 0.462 e. The zero-order valence-electron chi connectivity index (χ0n) is 62.3. The van der Waals surface area contributed by atoms with Crippen molar-refractivity contribution in [2.75, 3.05) is 39.6 Å². The van der Waals surface area contributed by atoms with Gasteiger partial charge in [0.05, 0.1) is 26.4 Å². The molecule has 0 amide bonds. The molecule has 3 unspecified atom stereocenters. The topological polar surface area (TPSA) is 237 Å². The molecule has 566 valence electrons. The second kappa shape index (κ2) is 67.1. The van der Waals surface area contributed by atoms with Gasteiger partial charge in [0.15, 0.2) is 12.2 Å². The standard InChI is InChI=1S/C77H146O17P2/c1-8-10-11-12-13-14-15-16-17-20-26-31-36-44-51-58-74(79)87-64-72(93-76(81)61-54-47-38-33-28-23-22-25-30-35-42-49-56-69(5)6)66-91-95(83,84)89-62-71(78)63-90-96(85,86)92-67-73(65-88-75(80)59-52-45-40-39-43-50-57-70(7)9-2)94-77(82)60-53-46-37-32-27-21-18-19-24-29-34-41-48-55-68(3)4/h14-17,68-73,78H,8-13,18-67H2,1-7H3,(H,83,84)(H,85,86)/b15-14-,17-16-/t70?,71-,72-,73-/m1/s1. The van der Waals surface area contributed by atoms with Gasteiger partial charge in [-0.1, -0.05) is 317 Å². The van der Waals surface area contributed by atoms with Gasteiger partial charge in [0.25, 0.3) is 0 Å². The fourth-order valence-corrected chi connectivity index (χ4v) is 12.8. The molecule has 0 saturated carbocycles. The van der Waals surface area contributed by atoms with Gasteiger partial charge < -0.3 is 33.8 Å². The van der Waals surface area contributed by atoms with Gasteiger partial charge in [0, 0.05) is 25.7 Å². The van der Waals surface area contributed by atoms with E-state index in [1.165, 1.54) is 154 Å². The Hall–Kier alpha value is -2.46. The maximum absolute atomic E-state index is 13.1. The molecule has 0 aromatic carbocycles. The summed E-state index contributed by atoms with van der Waals surface area (Å²) in [5, 5.41) is 10.6. The van der Waals surface area contributed by atoms with Crippen LogP contribution in [0.3, 0.4) is 0 Å². The van der Waals surface area contributed by atoms with Crippen LogP contribution >= 0.6 is 15.6 Å². The first-order valence-electron chi connectivity index (χ1n) is 39.2. The Morgan fingerprint density at radius 1 is 0.344 bits per heavy atom. The highest BCUT2D eigenvalue weighted by molar-refractivity contribution is 7.47. The van der Waals surface area contributed by atoms with Crippen LogP contribution in [0, 0.1) is 17.8 Å². The van der Waals surface area contributed by atoms with Gasteiger partial charge in [-0.2, -0.15) is 0 Å². The van der Waals surface area contributed by atoms with Gasteiger partial charge in [-0.25, -0.2) is 9.13 Å². The number of rotatable bonds is 73. The molecule has 96 heavy (non-hydrogen) atoms. The highest BCUT2D eigenvalue weighted by Crippen LogP contribution is 2.45. The van der Waals surface area contributed by atoms with E-state index in [4.69, 9.17) is 37.0 Å². The number of phosphoric acid groups is 2. The van der Waals surface area contributed by atoms with Gasteiger partial charge in [-0.15, -0.1) is 0 Å². The van der Waals surface area contributed by atoms with E-state index in [0.717, 1.165) is 133 Å². The van der Waals surface area contributed by atoms with Crippen molar-refractivity contribution in [3.8, 4) is 0 Å². The molecule has 0 spiro atoms. The maximum atomic E-state index is 13.1. The van der Waals surface area contributed by atoms with Crippen LogP contribution in [0.4, 0.5) is 0 Å². The van der Waals surface area contributed by atoms with Gasteiger partial charge in [0.1, 0.15) is 19.3 Å². The zero-order valence-corrected chi connectivity index (χ0v) is 64.1. The lowest BCUT2D eigenvalue weighted by Gasteiger charge is -2.21. The summed E-state index contributed by atoms with van der Waals surface area (Å²) in [6.45, 7) is 11.8. The summed E-state index contributed by atoms with van der Waals surface area (Å²) in [7, 11) is -9.93. The summed E-state index contributed by atoms with van der Waals surface area (Å²) in [5.74, 6) is 0.141. The lowest BCUT2D eigenvalue weighted by molar-refractivity contribution is -0.161. The minimum Gasteiger partial charge on any atom is -0.462 e. The Balaban J connectivity index is 5.29. The Kier molecular flexibility index (Phi) is 65.3. The van der Waals surface area contributed by atoms with Crippen LogP contribution in [0.2, 0.25) is 0 Å². The summed E-state index contributed by atoms with van der Waals surface area (Å²) in [4.78, 5) is 72.8. The number of unbranched alkanes of at least 4 members (excludes halogenated alkanes) is 37. The van der Waals surface area contributed by atoms with Gasteiger partial charge in [-0.05, 0) is 69.1 Å². The second-order valence-corrected chi connectivity index (χ2v) is 31.2. The number of aliphatic hydroxyl groups excluding tert-OH is 1. The van der Waals surface area contributed by atoms with E-state index in [1.807, 2.05) is 0 Å². The Bertz CT molecular complexity index is 1970. The van der Waals surface area contributed by atoms with E-state index in [0.29, 0.717) is 25.7 Å². The molecule has 0 aromatic heterocycles. The molecule has 17 nitrogen and oxygen atoms in total. The average Bonchev–Trinajstić information content (AvgIpc) is 1.35. The SMILES string of the molecule is CCCCCC/C=C\C=C/CCCCCCCC(=O)OC[C@H](COP(=O)(O)OC[C@@H](O)COP(=O)(O)OC[C@@H](COC(=O)CCCCCCCCC(C)CC)OC(=O)CCCCCCCCCCCCCCCC(C)C)OC(=O)CCCCCCCCCCCCCCC(C)C. The summed E-state index contributed by atoms with van der Waals surface area (Å²) >= 11 is 0. The molecule has 0 fully saturated rings. The predicted octanol–water partition coefficient (Wildman–Crippen LogP) is 22.1. The van der Waals surface area contributed by atoms with E-state index >= 15 is 0 Å². The molecule has 0 saturated heterocycles. The molecule has 0 radical (unpaired) electrons. The van der Waals surface area contributed by atoms with Gasteiger partial charge in [0.2, 0.25) is 0 Å². The van der Waals surface area contributed by atoms with Crippen LogP contribution < -0.4 is 0 Å². The van der Waals surface area contributed by atoms with Crippen molar-refractivity contribution in [3.63, 3.8) is 0 Å². The third-order valence-electron chi connectivity index (χ3n) is 17.6. The van der Waals surface area contributed by atoms with E-state index in [2.05, 4.69) is 72.8 Å². The van der Waals surface area contributed by atoms with Crippen molar-refractivity contribution >= 4 is 39.5 Å². The van der Waals surface area contributed by atoms with Crippen molar-refractivity contribution < 1.29 is 80.2 Å². The minimum absolute atomic E-state index is 0.0996. The lowest BCUT2D eigenvalue weighted by Crippen LogP contribution is -2.30. The molecule has 0 bridgehead atoms. The molecule has 3 N–H and O–H groups in total. The first-order valence-corrected chi connectivity index (χ1v) is 42.2. The van der Waals surface area contributed by atoms with Crippen molar-refractivity contribution in [3.05, 3.63) is 24.3 Å². The van der Waals surface area contributed by atoms with E-state index < -0.39 is 97.5 Å². The van der Waals surface area contributed by atoms with E-state index in [-0.39, 0.29) is 25.7 Å². The van der Waals surface area contributed by atoms with Crippen molar-refractivity contribution in [1.82, 2.24) is 0 Å². The monoisotopic (exact) mass is 1410 g/mol. The number of carbonyl (C=O) groups is 4. The van der Waals surface area contributed by atoms with Crippen LogP contribution in [-0.2, 0) is 65.4 Å². The molecule has 0 aliphatic rings. The number of ether oxygens (including phenoxy) is 4.